The van der Waals surface area contributed by atoms with E-state index in [1.807, 2.05) is 13.1 Å². The third-order valence-corrected chi connectivity index (χ3v) is 4.52. The van der Waals surface area contributed by atoms with Crippen LogP contribution in [0.15, 0.2) is 12.3 Å². The van der Waals surface area contributed by atoms with Crippen molar-refractivity contribution in [3.8, 4) is 0 Å². The lowest BCUT2D eigenvalue weighted by Crippen LogP contribution is -1.98. The number of hydrogen-bond acceptors (Lipinski definition) is 4. The lowest BCUT2D eigenvalue weighted by molar-refractivity contribution is 0.786. The van der Waals surface area contributed by atoms with Crippen LogP contribution in [0.3, 0.4) is 0 Å². The fourth-order valence-electron chi connectivity index (χ4n) is 2.43. The minimum atomic E-state index is 0.403. The van der Waals surface area contributed by atoms with Gasteiger partial charge in [-0.3, -0.25) is 4.98 Å². The lowest BCUT2D eigenvalue weighted by atomic mass is 10.0. The summed E-state index contributed by atoms with van der Waals surface area (Å²) in [5.41, 5.74) is 3.42. The summed E-state index contributed by atoms with van der Waals surface area (Å²) >= 11 is 1.69. The molecule has 0 N–H and O–H groups in total. The maximum absolute atomic E-state index is 4.38. The Morgan fingerprint density at radius 1 is 1.17 bits per heavy atom. The van der Waals surface area contributed by atoms with E-state index < -0.39 is 0 Å². The molecule has 0 spiro atoms. The van der Waals surface area contributed by atoms with E-state index in [2.05, 4.69) is 42.0 Å². The molecule has 0 bridgehead atoms. The quantitative estimate of drug-likeness (QED) is 0.662. The Bertz CT molecular complexity index is 743. The molecule has 0 aliphatic rings. The molecule has 3 nitrogen and oxygen atoms in total. The Morgan fingerprint density at radius 2 is 1.94 bits per heavy atom. The Kier molecular flexibility index (Phi) is 2.55. The van der Waals surface area contributed by atoms with E-state index in [9.17, 15) is 0 Å². The van der Waals surface area contributed by atoms with Gasteiger partial charge in [-0.15, -0.1) is 16.4 Å². The van der Waals surface area contributed by atoms with E-state index in [0.717, 1.165) is 16.2 Å². The third-order valence-electron chi connectivity index (χ3n) is 3.32. The molecule has 92 valence electrons. The number of aromatic nitrogens is 3. The summed E-state index contributed by atoms with van der Waals surface area (Å²) in [6, 6.07) is 2.08. The number of thiophene rings is 1. The molecule has 18 heavy (non-hydrogen) atoms. The number of rotatable bonds is 1. The second-order valence-electron chi connectivity index (χ2n) is 4.92. The van der Waals surface area contributed by atoms with Crippen molar-refractivity contribution in [3.63, 3.8) is 0 Å². The standard InChI is InChI=1S/C14H15N3S/c1-7(2)12-8(3)11-10-5-6-15-9(4)13(10)18-14(11)17-16-12/h5-7H,1-4H3. The molecule has 0 aliphatic heterocycles. The summed E-state index contributed by atoms with van der Waals surface area (Å²) in [5, 5.41) is 11.3. The molecule has 0 aliphatic carbocycles. The van der Waals surface area contributed by atoms with Crippen molar-refractivity contribution in [1.29, 1.82) is 0 Å². The van der Waals surface area contributed by atoms with Gasteiger partial charge in [-0.25, -0.2) is 0 Å². The first-order chi connectivity index (χ1) is 8.59. The molecule has 3 aromatic rings. The van der Waals surface area contributed by atoms with Crippen LogP contribution < -0.4 is 0 Å². The van der Waals surface area contributed by atoms with Gasteiger partial charge >= 0.3 is 0 Å². The highest BCUT2D eigenvalue weighted by atomic mass is 32.1. The average Bonchev–Trinajstić information content (AvgIpc) is 2.70. The highest BCUT2D eigenvalue weighted by molar-refractivity contribution is 7.25. The van der Waals surface area contributed by atoms with Crippen molar-refractivity contribution in [2.24, 2.45) is 0 Å². The van der Waals surface area contributed by atoms with Gasteiger partial charge in [0.1, 0.15) is 4.83 Å². The summed E-state index contributed by atoms with van der Waals surface area (Å²) in [4.78, 5) is 5.37. The molecule has 0 atom stereocenters. The maximum atomic E-state index is 4.38. The number of hydrogen-bond donors (Lipinski definition) is 0. The average molecular weight is 257 g/mol. The first-order valence-electron chi connectivity index (χ1n) is 6.10. The zero-order valence-electron chi connectivity index (χ0n) is 11.0. The molecular weight excluding hydrogens is 242 g/mol. The predicted molar refractivity (Wildman–Crippen MR) is 76.3 cm³/mol. The topological polar surface area (TPSA) is 38.7 Å². The SMILES string of the molecule is Cc1nccc2c1sc1nnc(C(C)C)c(C)c12. The number of pyridine rings is 1. The zero-order chi connectivity index (χ0) is 12.9. The summed E-state index contributed by atoms with van der Waals surface area (Å²) in [6.07, 6.45) is 1.87. The normalized spacial score (nSPS) is 11.8. The van der Waals surface area contributed by atoms with Gasteiger partial charge in [0, 0.05) is 17.0 Å². The number of nitrogens with zero attached hydrogens (tertiary/aromatic N) is 3. The zero-order valence-corrected chi connectivity index (χ0v) is 11.8. The first-order valence-corrected chi connectivity index (χ1v) is 6.92. The fraction of sp³-hybridized carbons (Fsp3) is 0.357. The molecule has 0 radical (unpaired) electrons. The Balaban J connectivity index is 2.50. The molecule has 3 heterocycles. The molecule has 0 aromatic carbocycles. The molecule has 0 saturated heterocycles. The molecule has 3 aromatic heterocycles. The van der Waals surface area contributed by atoms with Crippen molar-refractivity contribution >= 4 is 31.6 Å². The lowest BCUT2D eigenvalue weighted by Gasteiger charge is -2.07. The van der Waals surface area contributed by atoms with E-state index in [0.29, 0.717) is 5.92 Å². The highest BCUT2D eigenvalue weighted by Crippen LogP contribution is 2.36. The molecular formula is C14H15N3S. The van der Waals surface area contributed by atoms with Crippen LogP contribution in [0.5, 0.6) is 0 Å². The number of fused-ring (bicyclic) bond motifs is 3. The van der Waals surface area contributed by atoms with Gasteiger partial charge in [0.25, 0.3) is 0 Å². The summed E-state index contributed by atoms with van der Waals surface area (Å²) in [6.45, 7) is 8.51. The Morgan fingerprint density at radius 3 is 2.67 bits per heavy atom. The molecule has 0 unspecified atom stereocenters. The molecule has 0 fully saturated rings. The van der Waals surface area contributed by atoms with Crippen molar-refractivity contribution in [2.75, 3.05) is 0 Å². The van der Waals surface area contributed by atoms with Gasteiger partial charge in [-0.2, -0.15) is 5.10 Å². The highest BCUT2D eigenvalue weighted by Gasteiger charge is 2.15. The molecule has 0 amide bonds. The van der Waals surface area contributed by atoms with E-state index in [1.165, 1.54) is 21.0 Å². The largest absolute Gasteiger partial charge is 0.260 e. The minimum Gasteiger partial charge on any atom is -0.260 e. The third kappa shape index (κ3) is 1.52. The van der Waals surface area contributed by atoms with E-state index in [-0.39, 0.29) is 0 Å². The van der Waals surface area contributed by atoms with Gasteiger partial charge < -0.3 is 0 Å². The van der Waals surface area contributed by atoms with E-state index >= 15 is 0 Å². The van der Waals surface area contributed by atoms with Gasteiger partial charge in [-0.05, 0) is 31.4 Å². The maximum Gasteiger partial charge on any atom is 0.147 e. The van der Waals surface area contributed by atoms with Gasteiger partial charge in [0.2, 0.25) is 0 Å². The second kappa shape index (κ2) is 3.99. The summed E-state index contributed by atoms with van der Waals surface area (Å²) in [5.74, 6) is 0.403. The van der Waals surface area contributed by atoms with Gasteiger partial charge in [0.15, 0.2) is 0 Å². The summed E-state index contributed by atoms with van der Waals surface area (Å²) < 4.78 is 1.23. The Labute approximate surface area is 110 Å². The smallest absolute Gasteiger partial charge is 0.147 e. The molecule has 3 rings (SSSR count). The van der Waals surface area contributed by atoms with Crippen LogP contribution in [-0.4, -0.2) is 15.2 Å². The van der Waals surface area contributed by atoms with Crippen LogP contribution >= 0.6 is 11.3 Å². The van der Waals surface area contributed by atoms with Crippen LogP contribution in [0.25, 0.3) is 20.3 Å². The minimum absolute atomic E-state index is 0.403. The monoisotopic (exact) mass is 257 g/mol. The van der Waals surface area contributed by atoms with E-state index in [4.69, 9.17) is 0 Å². The second-order valence-corrected chi connectivity index (χ2v) is 5.92. The van der Waals surface area contributed by atoms with Crippen LogP contribution in [0.1, 0.15) is 36.7 Å². The van der Waals surface area contributed by atoms with Crippen molar-refractivity contribution in [2.45, 2.75) is 33.6 Å². The predicted octanol–water partition coefficient (Wildman–Crippen LogP) is 3.98. The van der Waals surface area contributed by atoms with Gasteiger partial charge in [-0.1, -0.05) is 13.8 Å². The first kappa shape index (κ1) is 11.5. The fourth-order valence-corrected chi connectivity index (χ4v) is 3.55. The molecule has 4 heteroatoms. The van der Waals surface area contributed by atoms with Crippen molar-refractivity contribution in [1.82, 2.24) is 15.2 Å². The van der Waals surface area contributed by atoms with Crippen LogP contribution in [0.4, 0.5) is 0 Å². The molecule has 0 saturated carbocycles. The van der Waals surface area contributed by atoms with E-state index in [1.54, 1.807) is 11.3 Å². The van der Waals surface area contributed by atoms with Crippen LogP contribution in [0.2, 0.25) is 0 Å². The summed E-state index contributed by atoms with van der Waals surface area (Å²) in [7, 11) is 0. The van der Waals surface area contributed by atoms with Crippen LogP contribution in [0, 0.1) is 13.8 Å². The van der Waals surface area contributed by atoms with Gasteiger partial charge in [0.05, 0.1) is 16.1 Å². The van der Waals surface area contributed by atoms with Crippen LogP contribution in [-0.2, 0) is 0 Å². The van der Waals surface area contributed by atoms with Crippen molar-refractivity contribution in [3.05, 3.63) is 29.2 Å². The van der Waals surface area contributed by atoms with Crippen molar-refractivity contribution < 1.29 is 0 Å². The number of aryl methyl sites for hydroxylation is 2. The Hall–Kier alpha value is -1.55.